The highest BCUT2D eigenvalue weighted by Gasteiger charge is 2.24. The number of nitrogens with zero attached hydrogens (tertiary/aromatic N) is 1. The summed E-state index contributed by atoms with van der Waals surface area (Å²) in [7, 11) is 3.25. The molecule has 1 aromatic rings. The molecule has 116 valence electrons. The van der Waals surface area contributed by atoms with Crippen LogP contribution in [0.4, 0.5) is 0 Å². The number of methoxy groups -OCH3 is 2. The van der Waals surface area contributed by atoms with Gasteiger partial charge in [-0.2, -0.15) is 0 Å². The number of benzene rings is 1. The quantitative estimate of drug-likeness (QED) is 0.791. The van der Waals surface area contributed by atoms with Crippen molar-refractivity contribution in [2.24, 2.45) is 5.73 Å². The molecule has 1 aliphatic rings. The molecule has 6 heteroatoms. The van der Waals surface area contributed by atoms with Crippen molar-refractivity contribution in [2.45, 2.75) is 19.0 Å². The normalized spacial score (nSPS) is 19.2. The van der Waals surface area contributed by atoms with E-state index < -0.39 is 0 Å². The Balaban J connectivity index is 2.09. The number of nitrogens with two attached hydrogens (primary N) is 1. The van der Waals surface area contributed by atoms with E-state index in [-0.39, 0.29) is 11.9 Å². The van der Waals surface area contributed by atoms with Crippen molar-refractivity contribution >= 4 is 5.91 Å². The maximum absolute atomic E-state index is 11.2. The fourth-order valence-electron chi connectivity index (χ4n) is 2.66. The van der Waals surface area contributed by atoms with Crippen LogP contribution in [-0.4, -0.2) is 50.7 Å². The molecule has 0 bridgehead atoms. The van der Waals surface area contributed by atoms with E-state index in [1.54, 1.807) is 14.2 Å². The van der Waals surface area contributed by atoms with E-state index in [2.05, 4.69) is 10.2 Å². The van der Waals surface area contributed by atoms with E-state index in [1.165, 1.54) is 0 Å². The molecule has 0 spiro atoms. The van der Waals surface area contributed by atoms with E-state index in [0.29, 0.717) is 6.42 Å². The first-order valence-corrected chi connectivity index (χ1v) is 7.08. The van der Waals surface area contributed by atoms with Gasteiger partial charge in [-0.1, -0.05) is 6.07 Å². The number of nitrogens with one attached hydrogen (secondary N) is 1. The SMILES string of the molecule is COc1ccc(CN2CCNCC2CC(N)=O)cc1OC. The summed E-state index contributed by atoms with van der Waals surface area (Å²) in [6.45, 7) is 3.37. The van der Waals surface area contributed by atoms with Crippen LogP contribution < -0.4 is 20.5 Å². The topological polar surface area (TPSA) is 76.8 Å². The van der Waals surface area contributed by atoms with E-state index in [1.807, 2.05) is 18.2 Å². The Bertz CT molecular complexity index is 493. The van der Waals surface area contributed by atoms with Crippen molar-refractivity contribution in [3.63, 3.8) is 0 Å². The lowest BCUT2D eigenvalue weighted by Gasteiger charge is -2.35. The average Bonchev–Trinajstić information content (AvgIpc) is 2.48. The zero-order valence-electron chi connectivity index (χ0n) is 12.6. The highest BCUT2D eigenvalue weighted by molar-refractivity contribution is 5.74. The molecular formula is C15H23N3O3. The monoisotopic (exact) mass is 293 g/mol. The summed E-state index contributed by atoms with van der Waals surface area (Å²) < 4.78 is 10.6. The number of ether oxygens (including phenoxy) is 2. The Morgan fingerprint density at radius 1 is 1.38 bits per heavy atom. The number of carbonyl (C=O) groups excluding carboxylic acids is 1. The molecule has 6 nitrogen and oxygen atoms in total. The molecule has 1 saturated heterocycles. The molecule has 0 saturated carbocycles. The second-order valence-electron chi connectivity index (χ2n) is 5.19. The van der Waals surface area contributed by atoms with E-state index in [9.17, 15) is 4.79 Å². The summed E-state index contributed by atoms with van der Waals surface area (Å²) in [6.07, 6.45) is 0.375. The molecule has 1 aromatic carbocycles. The Labute approximate surface area is 125 Å². The van der Waals surface area contributed by atoms with Crippen LogP contribution in [0, 0.1) is 0 Å². The molecule has 1 unspecified atom stereocenters. The zero-order chi connectivity index (χ0) is 15.2. The number of rotatable bonds is 6. The van der Waals surface area contributed by atoms with E-state index >= 15 is 0 Å². The third-order valence-corrected chi connectivity index (χ3v) is 3.74. The third-order valence-electron chi connectivity index (χ3n) is 3.74. The molecule has 2 rings (SSSR count). The third kappa shape index (κ3) is 4.09. The van der Waals surface area contributed by atoms with Gasteiger partial charge in [-0.15, -0.1) is 0 Å². The summed E-state index contributed by atoms with van der Waals surface area (Å²) in [5, 5.41) is 3.30. The van der Waals surface area contributed by atoms with Gasteiger partial charge in [0.15, 0.2) is 11.5 Å². The van der Waals surface area contributed by atoms with Crippen LogP contribution in [0.1, 0.15) is 12.0 Å². The van der Waals surface area contributed by atoms with Gasteiger partial charge < -0.3 is 20.5 Å². The van der Waals surface area contributed by atoms with Crippen LogP contribution in [0.25, 0.3) is 0 Å². The Kier molecular flexibility index (Phi) is 5.41. The number of piperazine rings is 1. The van der Waals surface area contributed by atoms with Gasteiger partial charge in [0.2, 0.25) is 5.91 Å². The first kappa shape index (κ1) is 15.6. The molecule has 1 aliphatic heterocycles. The summed E-state index contributed by atoms with van der Waals surface area (Å²) in [5.74, 6) is 1.17. The standard InChI is InChI=1S/C15H23N3O3/c1-20-13-4-3-11(7-14(13)21-2)10-18-6-5-17-9-12(18)8-15(16)19/h3-4,7,12,17H,5-6,8-10H2,1-2H3,(H2,16,19). The summed E-state index contributed by atoms with van der Waals surface area (Å²) in [6, 6.07) is 6.04. The van der Waals surface area contributed by atoms with Gasteiger partial charge in [0.05, 0.1) is 14.2 Å². The Morgan fingerprint density at radius 3 is 2.81 bits per heavy atom. The fourth-order valence-corrected chi connectivity index (χ4v) is 2.66. The highest BCUT2D eigenvalue weighted by Crippen LogP contribution is 2.28. The van der Waals surface area contributed by atoms with Gasteiger partial charge in [-0.05, 0) is 17.7 Å². The summed E-state index contributed by atoms with van der Waals surface area (Å²) in [4.78, 5) is 13.5. The number of hydrogen-bond acceptors (Lipinski definition) is 5. The van der Waals surface area contributed by atoms with Crippen molar-refractivity contribution in [1.82, 2.24) is 10.2 Å². The van der Waals surface area contributed by atoms with Gasteiger partial charge in [0, 0.05) is 38.6 Å². The maximum Gasteiger partial charge on any atom is 0.219 e. The van der Waals surface area contributed by atoms with Crippen molar-refractivity contribution in [2.75, 3.05) is 33.9 Å². The van der Waals surface area contributed by atoms with Crippen LogP contribution in [-0.2, 0) is 11.3 Å². The summed E-state index contributed by atoms with van der Waals surface area (Å²) >= 11 is 0. The minimum absolute atomic E-state index is 0.143. The molecule has 1 fully saturated rings. The average molecular weight is 293 g/mol. The molecule has 1 amide bonds. The van der Waals surface area contributed by atoms with Crippen molar-refractivity contribution in [1.29, 1.82) is 0 Å². The smallest absolute Gasteiger partial charge is 0.219 e. The lowest BCUT2D eigenvalue weighted by atomic mass is 10.1. The number of hydrogen-bond donors (Lipinski definition) is 2. The fraction of sp³-hybridized carbons (Fsp3) is 0.533. The largest absolute Gasteiger partial charge is 0.493 e. The highest BCUT2D eigenvalue weighted by atomic mass is 16.5. The lowest BCUT2D eigenvalue weighted by molar-refractivity contribution is -0.119. The molecule has 1 atom stereocenters. The number of primary amides is 1. The lowest BCUT2D eigenvalue weighted by Crippen LogP contribution is -2.52. The Hall–Kier alpha value is -1.79. The van der Waals surface area contributed by atoms with Gasteiger partial charge in [-0.3, -0.25) is 9.69 Å². The van der Waals surface area contributed by atoms with Crippen LogP contribution >= 0.6 is 0 Å². The number of amides is 1. The molecule has 0 aliphatic carbocycles. The van der Waals surface area contributed by atoms with Crippen LogP contribution in [0.2, 0.25) is 0 Å². The van der Waals surface area contributed by atoms with Crippen molar-refractivity contribution < 1.29 is 14.3 Å². The van der Waals surface area contributed by atoms with E-state index in [0.717, 1.165) is 43.2 Å². The van der Waals surface area contributed by atoms with Crippen molar-refractivity contribution in [3.05, 3.63) is 23.8 Å². The van der Waals surface area contributed by atoms with Gasteiger partial charge >= 0.3 is 0 Å². The second kappa shape index (κ2) is 7.28. The minimum Gasteiger partial charge on any atom is -0.493 e. The number of carbonyl (C=O) groups is 1. The van der Waals surface area contributed by atoms with Crippen LogP contribution in [0.3, 0.4) is 0 Å². The minimum atomic E-state index is -0.263. The van der Waals surface area contributed by atoms with Crippen LogP contribution in [0.15, 0.2) is 18.2 Å². The maximum atomic E-state index is 11.2. The van der Waals surface area contributed by atoms with Gasteiger partial charge in [0.1, 0.15) is 0 Å². The molecule has 1 heterocycles. The first-order chi connectivity index (χ1) is 10.1. The van der Waals surface area contributed by atoms with Gasteiger partial charge in [-0.25, -0.2) is 0 Å². The molecule has 0 radical (unpaired) electrons. The van der Waals surface area contributed by atoms with Crippen LogP contribution in [0.5, 0.6) is 11.5 Å². The molecule has 3 N–H and O–H groups in total. The van der Waals surface area contributed by atoms with Gasteiger partial charge in [0.25, 0.3) is 0 Å². The van der Waals surface area contributed by atoms with E-state index in [4.69, 9.17) is 15.2 Å². The predicted molar refractivity (Wildman–Crippen MR) is 80.4 cm³/mol. The molecule has 21 heavy (non-hydrogen) atoms. The zero-order valence-corrected chi connectivity index (χ0v) is 12.6. The second-order valence-corrected chi connectivity index (χ2v) is 5.19. The predicted octanol–water partition coefficient (Wildman–Crippen LogP) is 0.353. The molecule has 0 aromatic heterocycles. The van der Waals surface area contributed by atoms with Crippen molar-refractivity contribution in [3.8, 4) is 11.5 Å². The Morgan fingerprint density at radius 2 is 2.14 bits per heavy atom. The first-order valence-electron chi connectivity index (χ1n) is 7.08. The summed E-state index contributed by atoms with van der Waals surface area (Å²) in [5.41, 5.74) is 6.46. The molecular weight excluding hydrogens is 270 g/mol.